The van der Waals surface area contributed by atoms with E-state index in [1.807, 2.05) is 9.80 Å². The van der Waals surface area contributed by atoms with Crippen molar-refractivity contribution < 1.29 is 42.3 Å². The Morgan fingerprint density at radius 2 is 1.64 bits per heavy atom. The van der Waals surface area contributed by atoms with Gasteiger partial charge in [-0.25, -0.2) is 0 Å². The van der Waals surface area contributed by atoms with Gasteiger partial charge in [-0.05, 0) is 65.6 Å². The molecule has 1 spiro atoms. The molecule has 1 radical (unpaired) electrons. The number of hydrogen-bond acceptors (Lipinski definition) is 3. The minimum atomic E-state index is -0.174. The van der Waals surface area contributed by atoms with Crippen LogP contribution in [-0.2, 0) is 42.3 Å². The van der Waals surface area contributed by atoms with Crippen molar-refractivity contribution in [2.75, 3.05) is 39.3 Å². The van der Waals surface area contributed by atoms with Gasteiger partial charge in [0.2, 0.25) is 11.8 Å². The molecule has 6 heteroatoms. The maximum atomic E-state index is 12.8. The van der Waals surface area contributed by atoms with Gasteiger partial charge in [-0.15, -0.1) is 0 Å². The molecular weight excluding hydrogens is 391 g/mol. The van der Waals surface area contributed by atoms with E-state index in [2.05, 4.69) is 25.7 Å². The summed E-state index contributed by atoms with van der Waals surface area (Å²) in [6, 6.07) is 0.292. The second kappa shape index (κ2) is 8.79. The molecule has 0 aromatic heterocycles. The van der Waals surface area contributed by atoms with Gasteiger partial charge in [-0.1, -0.05) is 6.92 Å². The van der Waals surface area contributed by atoms with E-state index < -0.39 is 0 Å². The summed E-state index contributed by atoms with van der Waals surface area (Å²) in [5.41, 5.74) is -0.174. The number of likely N-dealkylation sites (tertiary alicyclic amines) is 3. The quantitative estimate of drug-likeness (QED) is 0.696. The van der Waals surface area contributed by atoms with E-state index in [1.165, 1.54) is 0 Å². The predicted octanol–water partition coefficient (Wildman–Crippen LogP) is 1.97. The summed E-state index contributed by atoms with van der Waals surface area (Å²) in [7, 11) is 0. The van der Waals surface area contributed by atoms with Gasteiger partial charge in [0.05, 0.1) is 5.41 Å². The van der Waals surface area contributed by atoms with Crippen molar-refractivity contribution in [3.63, 3.8) is 0 Å². The third kappa shape index (κ3) is 4.30. The fourth-order valence-electron chi connectivity index (χ4n) is 4.71. The summed E-state index contributed by atoms with van der Waals surface area (Å²) in [6.07, 6.45) is 4.67. The fourth-order valence-corrected chi connectivity index (χ4v) is 4.71. The second-order valence-electron chi connectivity index (χ2n) is 8.16. The van der Waals surface area contributed by atoms with E-state index in [0.29, 0.717) is 17.9 Å². The number of amides is 2. The summed E-state index contributed by atoms with van der Waals surface area (Å²) in [5, 5.41) is 0. The largest absolute Gasteiger partial charge is 0.342 e. The number of nitrogens with zero attached hydrogens (tertiary/aromatic N) is 3. The van der Waals surface area contributed by atoms with Gasteiger partial charge in [0.25, 0.3) is 0 Å². The second-order valence-corrected chi connectivity index (χ2v) is 8.16. The van der Waals surface area contributed by atoms with Crippen LogP contribution in [0.2, 0.25) is 0 Å². The van der Waals surface area contributed by atoms with Crippen molar-refractivity contribution in [2.24, 2.45) is 11.3 Å². The third-order valence-corrected chi connectivity index (χ3v) is 6.59. The summed E-state index contributed by atoms with van der Waals surface area (Å²) in [6.45, 7) is 12.0. The van der Waals surface area contributed by atoms with Gasteiger partial charge in [0.15, 0.2) is 0 Å². The van der Waals surface area contributed by atoms with Crippen molar-refractivity contribution in [2.45, 2.75) is 58.9 Å². The number of carbonyl (C=O) groups excluding carboxylic acids is 2. The number of carbonyl (C=O) groups is 2. The SMILES string of the molecule is CCN1CCC(C(=O)N2CCC3(CC2)CCN(C(C)C)C3=O)CC1.[Y]. The molecule has 25 heavy (non-hydrogen) atoms. The Hall–Kier alpha value is 0.00390. The Labute approximate surface area is 177 Å². The first kappa shape index (κ1) is 21.3. The van der Waals surface area contributed by atoms with Crippen LogP contribution in [0, 0.1) is 11.3 Å². The van der Waals surface area contributed by atoms with Crippen LogP contribution < -0.4 is 0 Å². The Morgan fingerprint density at radius 3 is 2.12 bits per heavy atom. The number of piperidine rings is 2. The summed E-state index contributed by atoms with van der Waals surface area (Å²) in [4.78, 5) is 32.1. The molecule has 3 saturated heterocycles. The molecule has 139 valence electrons. The summed E-state index contributed by atoms with van der Waals surface area (Å²) in [5.74, 6) is 0.876. The zero-order chi connectivity index (χ0) is 17.3. The number of hydrogen-bond donors (Lipinski definition) is 0. The van der Waals surface area contributed by atoms with Crippen LogP contribution in [-0.4, -0.2) is 71.8 Å². The standard InChI is InChI=1S/C19H33N3O2.Y/c1-4-20-10-5-16(6-11-20)17(23)21-12-7-19(8-13-21)9-14-22(15(2)3)18(19)24;/h15-16H,4-14H2,1-3H3;. The topological polar surface area (TPSA) is 43.9 Å². The van der Waals surface area contributed by atoms with Crippen molar-refractivity contribution in [1.29, 1.82) is 0 Å². The Kier molecular flexibility index (Phi) is 7.50. The van der Waals surface area contributed by atoms with Crippen molar-refractivity contribution in [3.8, 4) is 0 Å². The van der Waals surface area contributed by atoms with Crippen LogP contribution in [0.4, 0.5) is 0 Å². The van der Waals surface area contributed by atoms with Crippen LogP contribution in [0.3, 0.4) is 0 Å². The molecule has 3 rings (SSSR count). The van der Waals surface area contributed by atoms with Gasteiger partial charge in [-0.2, -0.15) is 0 Å². The average Bonchev–Trinajstić information content (AvgIpc) is 2.92. The Bertz CT molecular complexity index is 481. The molecule has 0 aromatic carbocycles. The first-order chi connectivity index (χ1) is 11.5. The maximum absolute atomic E-state index is 12.8. The zero-order valence-corrected chi connectivity index (χ0v) is 19.0. The van der Waals surface area contributed by atoms with Gasteiger partial charge in [0.1, 0.15) is 0 Å². The average molecular weight is 424 g/mol. The smallest absolute Gasteiger partial charge is 0.229 e. The first-order valence-corrected chi connectivity index (χ1v) is 9.79. The molecule has 0 unspecified atom stereocenters. The maximum Gasteiger partial charge on any atom is 0.229 e. The summed E-state index contributed by atoms with van der Waals surface area (Å²) < 4.78 is 0. The fraction of sp³-hybridized carbons (Fsp3) is 0.895. The Morgan fingerprint density at radius 1 is 1.08 bits per heavy atom. The molecule has 3 fully saturated rings. The molecule has 0 N–H and O–H groups in total. The monoisotopic (exact) mass is 424 g/mol. The first-order valence-electron chi connectivity index (χ1n) is 9.79. The summed E-state index contributed by atoms with van der Waals surface area (Å²) >= 11 is 0. The molecule has 0 aliphatic carbocycles. The van der Waals surface area contributed by atoms with Crippen LogP contribution in [0.1, 0.15) is 52.9 Å². The molecule has 3 aliphatic rings. The van der Waals surface area contributed by atoms with Crippen LogP contribution >= 0.6 is 0 Å². The molecule has 3 aliphatic heterocycles. The van der Waals surface area contributed by atoms with Gasteiger partial charge in [0, 0.05) is 64.3 Å². The minimum Gasteiger partial charge on any atom is -0.342 e. The van der Waals surface area contributed by atoms with Crippen LogP contribution in [0.25, 0.3) is 0 Å². The van der Waals surface area contributed by atoms with E-state index in [0.717, 1.165) is 71.4 Å². The van der Waals surface area contributed by atoms with Gasteiger partial charge >= 0.3 is 0 Å². The van der Waals surface area contributed by atoms with Crippen molar-refractivity contribution in [1.82, 2.24) is 14.7 Å². The minimum absolute atomic E-state index is 0. The molecule has 0 aromatic rings. The molecule has 2 amide bonds. The van der Waals surface area contributed by atoms with E-state index in [9.17, 15) is 9.59 Å². The Balaban J connectivity index is 0.00000225. The van der Waals surface area contributed by atoms with Crippen LogP contribution in [0.15, 0.2) is 0 Å². The van der Waals surface area contributed by atoms with Crippen molar-refractivity contribution in [3.05, 3.63) is 0 Å². The normalized spacial score (nSPS) is 24.9. The third-order valence-electron chi connectivity index (χ3n) is 6.59. The van der Waals surface area contributed by atoms with Crippen molar-refractivity contribution >= 4 is 11.8 Å². The molecular formula is C19H33N3O2Y. The van der Waals surface area contributed by atoms with E-state index in [1.54, 1.807) is 0 Å². The predicted molar refractivity (Wildman–Crippen MR) is 94.6 cm³/mol. The molecule has 0 saturated carbocycles. The molecule has 5 nitrogen and oxygen atoms in total. The molecule has 3 heterocycles. The van der Waals surface area contributed by atoms with E-state index in [4.69, 9.17) is 0 Å². The molecule has 0 bridgehead atoms. The van der Waals surface area contributed by atoms with E-state index in [-0.39, 0.29) is 44.0 Å². The van der Waals surface area contributed by atoms with E-state index >= 15 is 0 Å². The number of rotatable bonds is 3. The zero-order valence-electron chi connectivity index (χ0n) is 16.2. The molecule has 0 atom stereocenters. The van der Waals surface area contributed by atoms with Gasteiger partial charge < -0.3 is 14.7 Å². The van der Waals surface area contributed by atoms with Gasteiger partial charge in [-0.3, -0.25) is 9.59 Å². The van der Waals surface area contributed by atoms with Crippen LogP contribution in [0.5, 0.6) is 0 Å².